The van der Waals surface area contributed by atoms with Gasteiger partial charge in [0, 0.05) is 6.04 Å². The van der Waals surface area contributed by atoms with Crippen LogP contribution in [0.2, 0.25) is 0 Å². The Morgan fingerprint density at radius 2 is 2.05 bits per heavy atom. The lowest BCUT2D eigenvalue weighted by atomic mass is 9.71. The maximum atomic E-state index is 3.55. The highest BCUT2D eigenvalue weighted by atomic mass is 14.9. The molecular formula is C18H29N. The van der Waals surface area contributed by atoms with E-state index >= 15 is 0 Å². The van der Waals surface area contributed by atoms with E-state index in [1.807, 2.05) is 0 Å². The van der Waals surface area contributed by atoms with Gasteiger partial charge in [-0.3, -0.25) is 0 Å². The topological polar surface area (TPSA) is 12.0 Å². The number of nitrogens with one attached hydrogen (secondary N) is 1. The molecule has 1 fully saturated rings. The van der Waals surface area contributed by atoms with Gasteiger partial charge in [-0.1, -0.05) is 43.7 Å². The summed E-state index contributed by atoms with van der Waals surface area (Å²) in [7, 11) is 2.13. The van der Waals surface area contributed by atoms with Crippen molar-refractivity contribution in [1.29, 1.82) is 0 Å². The maximum Gasteiger partial charge on any atom is 0.00957 e. The Morgan fingerprint density at radius 3 is 2.68 bits per heavy atom. The molecule has 1 aliphatic carbocycles. The largest absolute Gasteiger partial charge is 0.317 e. The number of rotatable bonds is 4. The van der Waals surface area contributed by atoms with Crippen LogP contribution >= 0.6 is 0 Å². The van der Waals surface area contributed by atoms with Gasteiger partial charge in [-0.2, -0.15) is 0 Å². The first-order valence-corrected chi connectivity index (χ1v) is 7.83. The molecule has 3 unspecified atom stereocenters. The van der Waals surface area contributed by atoms with Crippen LogP contribution < -0.4 is 5.32 Å². The minimum Gasteiger partial charge on any atom is -0.317 e. The van der Waals surface area contributed by atoms with E-state index in [0.29, 0.717) is 6.04 Å². The van der Waals surface area contributed by atoms with Crippen molar-refractivity contribution in [1.82, 2.24) is 5.32 Å². The summed E-state index contributed by atoms with van der Waals surface area (Å²) in [5, 5.41) is 3.55. The van der Waals surface area contributed by atoms with E-state index in [0.717, 1.165) is 17.8 Å². The number of hydrogen-bond donors (Lipinski definition) is 1. The van der Waals surface area contributed by atoms with E-state index in [1.54, 1.807) is 0 Å². The summed E-state index contributed by atoms with van der Waals surface area (Å²) in [6, 6.07) is 9.73. The number of aryl methyl sites for hydroxylation is 1. The monoisotopic (exact) mass is 259 g/mol. The van der Waals surface area contributed by atoms with E-state index in [4.69, 9.17) is 0 Å². The Labute approximate surface area is 118 Å². The Balaban J connectivity index is 2.06. The molecule has 2 rings (SSSR count). The molecule has 1 nitrogen and oxygen atoms in total. The first-order valence-electron chi connectivity index (χ1n) is 7.83. The van der Waals surface area contributed by atoms with Crippen molar-refractivity contribution in [3.8, 4) is 0 Å². The van der Waals surface area contributed by atoms with Crippen molar-refractivity contribution >= 4 is 0 Å². The Kier molecular flexibility index (Phi) is 5.04. The zero-order chi connectivity index (χ0) is 13.8. The standard InChI is InChI=1S/C18H29N/c1-13(2)16-8-9-18(19-4)17(12-16)11-15-7-5-6-14(3)10-15/h5-7,10,13,16-19H,8-9,11-12H2,1-4H3. The van der Waals surface area contributed by atoms with Crippen molar-refractivity contribution in [2.24, 2.45) is 17.8 Å². The Hall–Kier alpha value is -0.820. The van der Waals surface area contributed by atoms with Gasteiger partial charge >= 0.3 is 0 Å². The third-order valence-electron chi connectivity index (χ3n) is 4.92. The van der Waals surface area contributed by atoms with E-state index in [9.17, 15) is 0 Å². The van der Waals surface area contributed by atoms with Crippen molar-refractivity contribution in [2.45, 2.75) is 52.5 Å². The third kappa shape index (κ3) is 3.82. The van der Waals surface area contributed by atoms with Crippen molar-refractivity contribution in [3.63, 3.8) is 0 Å². The molecule has 3 atom stereocenters. The molecule has 0 aromatic heterocycles. The Morgan fingerprint density at radius 1 is 1.26 bits per heavy atom. The molecular weight excluding hydrogens is 230 g/mol. The highest BCUT2D eigenvalue weighted by Crippen LogP contribution is 2.35. The van der Waals surface area contributed by atoms with Crippen LogP contribution in [0.3, 0.4) is 0 Å². The van der Waals surface area contributed by atoms with Gasteiger partial charge in [-0.05, 0) is 63.0 Å². The molecule has 0 bridgehead atoms. The van der Waals surface area contributed by atoms with Gasteiger partial charge in [-0.15, -0.1) is 0 Å². The van der Waals surface area contributed by atoms with E-state index in [2.05, 4.69) is 57.4 Å². The van der Waals surface area contributed by atoms with E-state index < -0.39 is 0 Å². The summed E-state index contributed by atoms with van der Waals surface area (Å²) in [4.78, 5) is 0. The molecule has 106 valence electrons. The van der Waals surface area contributed by atoms with Crippen LogP contribution in [0.1, 0.15) is 44.2 Å². The molecule has 19 heavy (non-hydrogen) atoms. The average molecular weight is 259 g/mol. The lowest BCUT2D eigenvalue weighted by Gasteiger charge is -2.38. The van der Waals surface area contributed by atoms with Gasteiger partial charge in [0.1, 0.15) is 0 Å². The molecule has 1 saturated carbocycles. The first-order chi connectivity index (χ1) is 9.10. The van der Waals surface area contributed by atoms with Crippen molar-refractivity contribution < 1.29 is 0 Å². The fourth-order valence-electron chi connectivity index (χ4n) is 3.65. The molecule has 1 aliphatic rings. The summed E-state index contributed by atoms with van der Waals surface area (Å²) < 4.78 is 0. The molecule has 1 heteroatoms. The summed E-state index contributed by atoms with van der Waals surface area (Å²) in [6.07, 6.45) is 5.36. The highest BCUT2D eigenvalue weighted by molar-refractivity contribution is 5.23. The van der Waals surface area contributed by atoms with Crippen LogP contribution in [0.5, 0.6) is 0 Å². The van der Waals surface area contributed by atoms with Crippen LogP contribution in [-0.4, -0.2) is 13.1 Å². The van der Waals surface area contributed by atoms with Crippen molar-refractivity contribution in [3.05, 3.63) is 35.4 Å². The lowest BCUT2D eigenvalue weighted by Crippen LogP contribution is -2.40. The second-order valence-corrected chi connectivity index (χ2v) is 6.67. The fraction of sp³-hybridized carbons (Fsp3) is 0.667. The van der Waals surface area contributed by atoms with Crippen LogP contribution in [0.4, 0.5) is 0 Å². The van der Waals surface area contributed by atoms with Gasteiger partial charge in [0.15, 0.2) is 0 Å². The highest BCUT2D eigenvalue weighted by Gasteiger charge is 2.30. The smallest absolute Gasteiger partial charge is 0.00957 e. The summed E-state index contributed by atoms with van der Waals surface area (Å²) >= 11 is 0. The van der Waals surface area contributed by atoms with Crippen LogP contribution in [0.25, 0.3) is 0 Å². The minimum atomic E-state index is 0.704. The fourth-order valence-corrected chi connectivity index (χ4v) is 3.65. The van der Waals surface area contributed by atoms with Gasteiger partial charge in [0.25, 0.3) is 0 Å². The normalized spacial score (nSPS) is 27.7. The lowest BCUT2D eigenvalue weighted by molar-refractivity contribution is 0.173. The zero-order valence-corrected chi connectivity index (χ0v) is 12.9. The predicted octanol–water partition coefficient (Wildman–Crippen LogP) is 4.20. The minimum absolute atomic E-state index is 0.704. The average Bonchev–Trinajstić information content (AvgIpc) is 2.38. The SMILES string of the molecule is CNC1CCC(C(C)C)CC1Cc1cccc(C)c1. The Bertz CT molecular complexity index is 396. The molecule has 1 aromatic rings. The second-order valence-electron chi connectivity index (χ2n) is 6.67. The molecule has 0 saturated heterocycles. The molecule has 1 aromatic carbocycles. The molecule has 0 spiro atoms. The number of benzene rings is 1. The molecule has 0 amide bonds. The molecule has 0 radical (unpaired) electrons. The van der Waals surface area contributed by atoms with Gasteiger partial charge in [0.2, 0.25) is 0 Å². The van der Waals surface area contributed by atoms with Crippen LogP contribution in [0.15, 0.2) is 24.3 Å². The third-order valence-corrected chi connectivity index (χ3v) is 4.92. The van der Waals surface area contributed by atoms with Crippen molar-refractivity contribution in [2.75, 3.05) is 7.05 Å². The summed E-state index contributed by atoms with van der Waals surface area (Å²) in [5.41, 5.74) is 2.89. The van der Waals surface area contributed by atoms with Gasteiger partial charge < -0.3 is 5.32 Å². The molecule has 0 heterocycles. The number of hydrogen-bond acceptors (Lipinski definition) is 1. The van der Waals surface area contributed by atoms with Gasteiger partial charge in [-0.25, -0.2) is 0 Å². The van der Waals surface area contributed by atoms with Gasteiger partial charge in [0.05, 0.1) is 0 Å². The summed E-state index contributed by atoms with van der Waals surface area (Å²) in [6.45, 7) is 6.96. The van der Waals surface area contributed by atoms with E-state index in [1.165, 1.54) is 36.8 Å². The second kappa shape index (κ2) is 6.56. The predicted molar refractivity (Wildman–Crippen MR) is 83.4 cm³/mol. The van der Waals surface area contributed by atoms with E-state index in [-0.39, 0.29) is 0 Å². The zero-order valence-electron chi connectivity index (χ0n) is 12.9. The molecule has 1 N–H and O–H groups in total. The quantitative estimate of drug-likeness (QED) is 0.854. The molecule has 0 aliphatic heterocycles. The first kappa shape index (κ1) is 14.6. The van der Waals surface area contributed by atoms with Crippen LogP contribution in [-0.2, 0) is 6.42 Å². The summed E-state index contributed by atoms with van der Waals surface area (Å²) in [5.74, 6) is 2.55. The van der Waals surface area contributed by atoms with Crippen LogP contribution in [0, 0.1) is 24.7 Å². The maximum absolute atomic E-state index is 3.55.